The van der Waals surface area contributed by atoms with Crippen LogP contribution in [0.4, 0.5) is 0 Å². The van der Waals surface area contributed by atoms with Gasteiger partial charge in [-0.2, -0.15) is 0 Å². The zero-order valence-corrected chi connectivity index (χ0v) is 21.6. The third-order valence-electron chi connectivity index (χ3n) is 7.30. The van der Waals surface area contributed by atoms with Crippen LogP contribution in [-0.4, -0.2) is 29.4 Å². The SMILES string of the molecule is COC(=O)C(Cc1cn(C(c2ccccc2)(c2ccccc2)c2ccccc2)cn1)c1ccc2c(c1)OCO2. The first-order valence-electron chi connectivity index (χ1n) is 12.9. The normalized spacial score (nSPS) is 13.2. The molecule has 1 aliphatic heterocycles. The summed E-state index contributed by atoms with van der Waals surface area (Å²) in [5, 5.41) is 0. The predicted molar refractivity (Wildman–Crippen MR) is 148 cm³/mol. The predicted octanol–water partition coefficient (Wildman–Crippen LogP) is 5.95. The zero-order valence-electron chi connectivity index (χ0n) is 21.6. The molecule has 0 aliphatic carbocycles. The summed E-state index contributed by atoms with van der Waals surface area (Å²) in [5.41, 5.74) is 4.20. The highest BCUT2D eigenvalue weighted by molar-refractivity contribution is 5.78. The molecule has 4 aromatic carbocycles. The maximum Gasteiger partial charge on any atom is 0.313 e. The molecule has 1 aliphatic rings. The summed E-state index contributed by atoms with van der Waals surface area (Å²) in [7, 11) is 1.41. The molecule has 0 fully saturated rings. The number of hydrogen-bond donors (Lipinski definition) is 0. The van der Waals surface area contributed by atoms with Crippen LogP contribution in [0.1, 0.15) is 33.9 Å². The minimum absolute atomic E-state index is 0.173. The molecule has 194 valence electrons. The second kappa shape index (κ2) is 10.5. The molecule has 6 nitrogen and oxygen atoms in total. The van der Waals surface area contributed by atoms with Crippen molar-refractivity contribution >= 4 is 5.97 Å². The number of carbonyl (C=O) groups excluding carboxylic acids is 1. The van der Waals surface area contributed by atoms with Crippen molar-refractivity contribution < 1.29 is 19.0 Å². The molecule has 6 heteroatoms. The van der Waals surface area contributed by atoms with Gasteiger partial charge in [-0.1, -0.05) is 97.1 Å². The average Bonchev–Trinajstić information content (AvgIpc) is 3.67. The Labute approximate surface area is 227 Å². The van der Waals surface area contributed by atoms with Crippen LogP contribution in [0.25, 0.3) is 0 Å². The second-order valence-corrected chi connectivity index (χ2v) is 9.47. The largest absolute Gasteiger partial charge is 0.469 e. The van der Waals surface area contributed by atoms with Crippen molar-refractivity contribution in [3.05, 3.63) is 150 Å². The number of methoxy groups -OCH3 is 1. The molecular formula is C33H28N2O4. The quantitative estimate of drug-likeness (QED) is 0.188. The lowest BCUT2D eigenvalue weighted by molar-refractivity contribution is -0.142. The Morgan fingerprint density at radius 3 is 1.97 bits per heavy atom. The summed E-state index contributed by atoms with van der Waals surface area (Å²) >= 11 is 0. The maximum absolute atomic E-state index is 13.0. The van der Waals surface area contributed by atoms with E-state index in [9.17, 15) is 4.79 Å². The number of benzene rings is 4. The van der Waals surface area contributed by atoms with E-state index in [4.69, 9.17) is 19.2 Å². The van der Waals surface area contributed by atoms with E-state index < -0.39 is 11.5 Å². The molecule has 0 radical (unpaired) electrons. The minimum Gasteiger partial charge on any atom is -0.469 e. The van der Waals surface area contributed by atoms with Gasteiger partial charge in [-0.25, -0.2) is 4.98 Å². The second-order valence-electron chi connectivity index (χ2n) is 9.47. The molecule has 1 atom stereocenters. The lowest BCUT2D eigenvalue weighted by atomic mass is 9.76. The Kier molecular flexibility index (Phi) is 6.59. The Bertz CT molecular complexity index is 1470. The van der Waals surface area contributed by atoms with Gasteiger partial charge < -0.3 is 18.8 Å². The van der Waals surface area contributed by atoms with Crippen molar-refractivity contribution in [1.82, 2.24) is 9.55 Å². The molecule has 5 aromatic rings. The number of aromatic nitrogens is 2. The van der Waals surface area contributed by atoms with Gasteiger partial charge in [0.15, 0.2) is 11.5 Å². The van der Waals surface area contributed by atoms with E-state index in [1.54, 1.807) is 0 Å². The third kappa shape index (κ3) is 4.44. The van der Waals surface area contributed by atoms with Crippen LogP contribution < -0.4 is 9.47 Å². The number of esters is 1. The fourth-order valence-electron chi connectivity index (χ4n) is 5.46. The van der Waals surface area contributed by atoms with Crippen molar-refractivity contribution in [2.45, 2.75) is 17.9 Å². The smallest absolute Gasteiger partial charge is 0.313 e. The van der Waals surface area contributed by atoms with E-state index in [-0.39, 0.29) is 12.8 Å². The Morgan fingerprint density at radius 1 is 0.846 bits per heavy atom. The van der Waals surface area contributed by atoms with E-state index in [0.717, 1.165) is 27.9 Å². The van der Waals surface area contributed by atoms with Gasteiger partial charge in [-0.3, -0.25) is 4.79 Å². The first-order chi connectivity index (χ1) is 19.2. The van der Waals surface area contributed by atoms with Crippen LogP contribution >= 0.6 is 0 Å². The first-order valence-corrected chi connectivity index (χ1v) is 12.9. The molecule has 0 saturated heterocycles. The summed E-state index contributed by atoms with van der Waals surface area (Å²) in [6, 6.07) is 36.8. The molecule has 0 N–H and O–H groups in total. The lowest BCUT2D eigenvalue weighted by Gasteiger charge is -2.37. The molecule has 2 heterocycles. The van der Waals surface area contributed by atoms with Crippen molar-refractivity contribution in [3.8, 4) is 11.5 Å². The van der Waals surface area contributed by atoms with Gasteiger partial charge in [-0.15, -0.1) is 0 Å². The van der Waals surface area contributed by atoms with Crippen LogP contribution in [0.3, 0.4) is 0 Å². The van der Waals surface area contributed by atoms with Gasteiger partial charge in [0.2, 0.25) is 6.79 Å². The van der Waals surface area contributed by atoms with Gasteiger partial charge >= 0.3 is 5.97 Å². The Balaban J connectivity index is 1.47. The van der Waals surface area contributed by atoms with E-state index in [1.807, 2.05) is 48.9 Å². The molecule has 0 amide bonds. The van der Waals surface area contributed by atoms with Crippen molar-refractivity contribution in [2.75, 3.05) is 13.9 Å². The summed E-state index contributed by atoms with van der Waals surface area (Å²) in [6.07, 6.45) is 4.26. The maximum atomic E-state index is 13.0. The first kappa shape index (κ1) is 24.5. The summed E-state index contributed by atoms with van der Waals surface area (Å²) in [5.74, 6) is 0.421. The Morgan fingerprint density at radius 2 is 1.41 bits per heavy atom. The van der Waals surface area contributed by atoms with E-state index >= 15 is 0 Å². The number of rotatable bonds is 8. The molecule has 1 unspecified atom stereocenters. The zero-order chi connectivity index (χ0) is 26.7. The lowest BCUT2D eigenvalue weighted by Crippen LogP contribution is -2.37. The van der Waals surface area contributed by atoms with Gasteiger partial charge in [0, 0.05) is 12.6 Å². The van der Waals surface area contributed by atoms with Crippen molar-refractivity contribution in [3.63, 3.8) is 0 Å². The molecule has 6 rings (SSSR count). The summed E-state index contributed by atoms with van der Waals surface area (Å²) in [6.45, 7) is 0.173. The number of carbonyl (C=O) groups is 1. The van der Waals surface area contributed by atoms with Crippen molar-refractivity contribution in [2.24, 2.45) is 0 Å². The molecule has 1 aromatic heterocycles. The minimum atomic E-state index is -0.672. The molecule has 0 spiro atoms. The summed E-state index contributed by atoms with van der Waals surface area (Å²) in [4.78, 5) is 17.8. The fraction of sp³-hybridized carbons (Fsp3) is 0.152. The number of ether oxygens (including phenoxy) is 3. The molecule has 39 heavy (non-hydrogen) atoms. The number of fused-ring (bicyclic) bond motifs is 1. The van der Waals surface area contributed by atoms with Crippen molar-refractivity contribution in [1.29, 1.82) is 0 Å². The topological polar surface area (TPSA) is 62.6 Å². The number of hydrogen-bond acceptors (Lipinski definition) is 5. The average molecular weight is 517 g/mol. The van der Waals surface area contributed by atoms with E-state index in [0.29, 0.717) is 17.9 Å². The van der Waals surface area contributed by atoms with E-state index in [2.05, 4.69) is 77.4 Å². The fourth-order valence-corrected chi connectivity index (χ4v) is 5.46. The summed E-state index contributed by atoms with van der Waals surface area (Å²) < 4.78 is 18.3. The van der Waals surface area contributed by atoms with E-state index in [1.165, 1.54) is 7.11 Å². The number of nitrogens with zero attached hydrogens (tertiary/aromatic N) is 2. The highest BCUT2D eigenvalue weighted by Gasteiger charge is 2.38. The monoisotopic (exact) mass is 516 g/mol. The highest BCUT2D eigenvalue weighted by Crippen LogP contribution is 2.41. The third-order valence-corrected chi connectivity index (χ3v) is 7.30. The van der Waals surface area contributed by atoms with Crippen LogP contribution in [0.15, 0.2) is 122 Å². The Hall–Kier alpha value is -4.84. The highest BCUT2D eigenvalue weighted by atomic mass is 16.7. The van der Waals surface area contributed by atoms with Crippen LogP contribution in [-0.2, 0) is 21.5 Å². The van der Waals surface area contributed by atoms with Crippen LogP contribution in [0.5, 0.6) is 11.5 Å². The standard InChI is InChI=1S/C33H28N2O4/c1-37-32(36)29(24-17-18-30-31(19-24)39-23-38-30)20-28-21-35(22-34-28)33(25-11-5-2-6-12-25,26-13-7-3-8-14-26)27-15-9-4-10-16-27/h2-19,21-22,29H,20,23H2,1H3. The van der Waals surface area contributed by atoms with Gasteiger partial charge in [0.05, 0.1) is 25.0 Å². The van der Waals surface area contributed by atoms with Crippen LogP contribution in [0.2, 0.25) is 0 Å². The van der Waals surface area contributed by atoms with Gasteiger partial charge in [-0.05, 0) is 34.4 Å². The van der Waals surface area contributed by atoms with Gasteiger partial charge in [0.25, 0.3) is 0 Å². The van der Waals surface area contributed by atoms with Gasteiger partial charge in [0.1, 0.15) is 5.54 Å². The molecule has 0 bridgehead atoms. The molecular weight excluding hydrogens is 488 g/mol. The van der Waals surface area contributed by atoms with Crippen LogP contribution in [0, 0.1) is 0 Å². The number of imidazole rings is 1. The molecule has 0 saturated carbocycles.